The fourth-order valence-electron chi connectivity index (χ4n) is 2.55. The van der Waals surface area contributed by atoms with Crippen molar-refractivity contribution in [2.75, 3.05) is 6.61 Å². The molecule has 0 aliphatic heterocycles. The largest absolute Gasteiger partial charge is 0.361 e. The second kappa shape index (κ2) is 6.33. The van der Waals surface area contributed by atoms with Gasteiger partial charge in [0.25, 0.3) is 0 Å². The lowest BCUT2D eigenvalue weighted by Gasteiger charge is -2.16. The molecule has 0 spiro atoms. The lowest BCUT2D eigenvalue weighted by atomic mass is 10.3. The zero-order chi connectivity index (χ0) is 17.6. The fourth-order valence-corrected chi connectivity index (χ4v) is 4.12. The van der Waals surface area contributed by atoms with Crippen molar-refractivity contribution < 1.29 is 4.74 Å². The van der Waals surface area contributed by atoms with Gasteiger partial charge in [0, 0.05) is 21.7 Å². The Hall–Kier alpha value is -1.09. The molecule has 0 aromatic carbocycles. The molecule has 3 heterocycles. The van der Waals surface area contributed by atoms with Crippen LogP contribution in [0.2, 0.25) is 30.8 Å². The second-order valence-corrected chi connectivity index (χ2v) is 13.9. The van der Waals surface area contributed by atoms with Crippen molar-refractivity contribution in [3.05, 3.63) is 26.3 Å². The van der Waals surface area contributed by atoms with Crippen molar-refractivity contribution in [2.24, 2.45) is 7.05 Å². The minimum atomic E-state index is -1.13. The monoisotopic (exact) mass is 430 g/mol. The van der Waals surface area contributed by atoms with E-state index in [1.165, 1.54) is 4.57 Å². The summed E-state index contributed by atoms with van der Waals surface area (Å²) in [7, 11) is 0.577. The average Bonchev–Trinajstić information content (AvgIpc) is 2.91. The molecule has 0 fully saturated rings. The van der Waals surface area contributed by atoms with Crippen LogP contribution >= 0.6 is 27.5 Å². The first-order valence-corrected chi connectivity index (χ1v) is 12.6. The van der Waals surface area contributed by atoms with E-state index >= 15 is 0 Å². The Morgan fingerprint density at radius 1 is 1.42 bits per heavy atom. The third kappa shape index (κ3) is 3.08. The van der Waals surface area contributed by atoms with Crippen molar-refractivity contribution in [2.45, 2.75) is 32.4 Å². The number of halogens is 2. The van der Waals surface area contributed by atoms with Crippen molar-refractivity contribution in [1.29, 1.82) is 0 Å². The van der Waals surface area contributed by atoms with Crippen LogP contribution < -0.4 is 5.69 Å². The number of rotatable bonds is 5. The number of imidazole rings is 1. The summed E-state index contributed by atoms with van der Waals surface area (Å²) in [4.78, 5) is 19.3. The number of aryl methyl sites for hydroxylation is 1. The molecule has 0 saturated carbocycles. The summed E-state index contributed by atoms with van der Waals surface area (Å²) < 4.78 is 9.88. The number of aromatic nitrogens is 4. The predicted molar refractivity (Wildman–Crippen MR) is 104 cm³/mol. The van der Waals surface area contributed by atoms with Gasteiger partial charge in [0.15, 0.2) is 0 Å². The molecule has 0 aliphatic carbocycles. The molecular weight excluding hydrogens is 412 g/mol. The quantitative estimate of drug-likeness (QED) is 0.491. The molecule has 9 heteroatoms. The summed E-state index contributed by atoms with van der Waals surface area (Å²) in [5, 5.41) is 1.31. The molecule has 6 nitrogen and oxygen atoms in total. The Labute approximate surface area is 153 Å². The van der Waals surface area contributed by atoms with Crippen LogP contribution in [-0.4, -0.2) is 33.8 Å². The van der Waals surface area contributed by atoms with E-state index < -0.39 is 8.07 Å². The Balaban J connectivity index is 2.00. The van der Waals surface area contributed by atoms with Gasteiger partial charge in [0.05, 0.1) is 27.1 Å². The summed E-state index contributed by atoms with van der Waals surface area (Å²) in [5.74, 6) is 0. The second-order valence-electron chi connectivity index (χ2n) is 7.09. The van der Waals surface area contributed by atoms with Gasteiger partial charge in [-0.3, -0.25) is 9.13 Å². The molecule has 0 saturated heterocycles. The van der Waals surface area contributed by atoms with Gasteiger partial charge in [-0.25, -0.2) is 9.78 Å². The Morgan fingerprint density at radius 3 is 2.79 bits per heavy atom. The maximum atomic E-state index is 11.9. The van der Waals surface area contributed by atoms with E-state index in [2.05, 4.69) is 45.5 Å². The van der Waals surface area contributed by atoms with Crippen molar-refractivity contribution in [3.8, 4) is 0 Å². The van der Waals surface area contributed by atoms with E-state index in [9.17, 15) is 4.79 Å². The number of pyridine rings is 1. The maximum Gasteiger partial charge on any atom is 0.326 e. The number of H-pyrrole nitrogens is 1. The number of hydrogen-bond acceptors (Lipinski definition) is 3. The zero-order valence-electron chi connectivity index (χ0n) is 14.1. The van der Waals surface area contributed by atoms with Crippen LogP contribution in [0.25, 0.3) is 22.1 Å². The van der Waals surface area contributed by atoms with Gasteiger partial charge in [-0.05, 0) is 22.0 Å². The van der Waals surface area contributed by atoms with E-state index in [1.807, 2.05) is 4.57 Å². The Kier molecular flexibility index (Phi) is 4.67. The van der Waals surface area contributed by atoms with E-state index in [0.717, 1.165) is 22.5 Å². The molecule has 0 bridgehead atoms. The number of nitrogens with one attached hydrogen (secondary N) is 1. The van der Waals surface area contributed by atoms with Crippen molar-refractivity contribution in [3.63, 3.8) is 0 Å². The van der Waals surface area contributed by atoms with E-state index in [-0.39, 0.29) is 5.69 Å². The van der Waals surface area contributed by atoms with Gasteiger partial charge in [-0.1, -0.05) is 31.2 Å². The number of hydrogen-bond donors (Lipinski definition) is 1. The SMILES string of the molecule is Cn1c(=O)[nH]c2c3c(Br)c(Cl)n(COCC[Si](C)(C)C)c3ncc21. The molecule has 130 valence electrons. The van der Waals surface area contributed by atoms with E-state index in [4.69, 9.17) is 16.3 Å². The van der Waals surface area contributed by atoms with Crippen molar-refractivity contribution >= 4 is 57.7 Å². The third-order valence-corrected chi connectivity index (χ3v) is 7.14. The van der Waals surface area contributed by atoms with Crippen LogP contribution in [0.15, 0.2) is 15.5 Å². The molecule has 24 heavy (non-hydrogen) atoms. The summed E-state index contributed by atoms with van der Waals surface area (Å²) in [6, 6.07) is 1.09. The minimum Gasteiger partial charge on any atom is -0.361 e. The highest BCUT2D eigenvalue weighted by Gasteiger charge is 2.20. The number of nitrogens with zero attached hydrogens (tertiary/aromatic N) is 3. The Bertz CT molecular complexity index is 970. The number of fused-ring (bicyclic) bond motifs is 3. The molecule has 3 rings (SSSR count). The summed E-state index contributed by atoms with van der Waals surface area (Å²) in [6.45, 7) is 7.98. The number of aromatic amines is 1. The van der Waals surface area contributed by atoms with Crippen LogP contribution in [0.1, 0.15) is 0 Å². The first kappa shape index (κ1) is 17.7. The molecule has 0 atom stereocenters. The molecule has 0 aliphatic rings. The predicted octanol–water partition coefficient (Wildman–Crippen LogP) is 3.94. The maximum absolute atomic E-state index is 11.9. The standard InChI is InChI=1S/C15H20BrClN4O2Si/c1-20-9-7-18-14-10(12(9)19-15(20)22)11(16)13(17)21(14)8-23-5-6-24(2,3)4/h7H,5-6,8H2,1-4H3,(H,19,22). The number of ether oxygens (including phenoxy) is 1. The lowest BCUT2D eigenvalue weighted by molar-refractivity contribution is 0.0900. The zero-order valence-corrected chi connectivity index (χ0v) is 17.5. The first-order valence-electron chi connectivity index (χ1n) is 7.69. The van der Waals surface area contributed by atoms with Gasteiger partial charge < -0.3 is 9.72 Å². The first-order chi connectivity index (χ1) is 11.2. The third-order valence-electron chi connectivity index (χ3n) is 4.05. The summed E-state index contributed by atoms with van der Waals surface area (Å²) in [5.41, 5.74) is 1.97. The van der Waals surface area contributed by atoms with Crippen LogP contribution in [0.5, 0.6) is 0 Å². The highest BCUT2D eigenvalue weighted by molar-refractivity contribution is 9.10. The van der Waals surface area contributed by atoms with Gasteiger partial charge in [0.2, 0.25) is 0 Å². The van der Waals surface area contributed by atoms with Gasteiger partial charge in [-0.2, -0.15) is 0 Å². The normalized spacial score (nSPS) is 12.6. The van der Waals surface area contributed by atoms with Crippen LogP contribution in [-0.2, 0) is 18.5 Å². The molecule has 0 unspecified atom stereocenters. The molecule has 1 N–H and O–H groups in total. The highest BCUT2D eigenvalue weighted by Crippen LogP contribution is 2.36. The van der Waals surface area contributed by atoms with Gasteiger partial charge in [-0.15, -0.1) is 0 Å². The van der Waals surface area contributed by atoms with Crippen LogP contribution in [0.4, 0.5) is 0 Å². The topological polar surface area (TPSA) is 64.8 Å². The van der Waals surface area contributed by atoms with Gasteiger partial charge in [0.1, 0.15) is 17.5 Å². The minimum absolute atomic E-state index is 0.179. The van der Waals surface area contributed by atoms with Crippen LogP contribution in [0, 0.1) is 0 Å². The molecule has 3 aromatic rings. The molecule has 3 aromatic heterocycles. The highest BCUT2D eigenvalue weighted by atomic mass is 79.9. The van der Waals surface area contributed by atoms with Crippen molar-refractivity contribution in [1.82, 2.24) is 19.1 Å². The molecular formula is C15H20BrClN4O2Si. The molecule has 0 amide bonds. The molecule has 0 radical (unpaired) electrons. The van der Waals surface area contributed by atoms with E-state index in [1.54, 1.807) is 13.2 Å². The Morgan fingerprint density at radius 2 is 2.12 bits per heavy atom. The van der Waals surface area contributed by atoms with Crippen LogP contribution in [0.3, 0.4) is 0 Å². The lowest BCUT2D eigenvalue weighted by Crippen LogP contribution is -2.22. The van der Waals surface area contributed by atoms with E-state index in [0.29, 0.717) is 28.6 Å². The summed E-state index contributed by atoms with van der Waals surface area (Å²) >= 11 is 9.98. The average molecular weight is 432 g/mol. The summed E-state index contributed by atoms with van der Waals surface area (Å²) in [6.07, 6.45) is 1.68. The van der Waals surface area contributed by atoms with Gasteiger partial charge >= 0.3 is 5.69 Å². The fraction of sp³-hybridized carbons (Fsp3) is 0.467. The smallest absolute Gasteiger partial charge is 0.326 e.